The Morgan fingerprint density at radius 2 is 1.11 bits per heavy atom. The van der Waals surface area contributed by atoms with Crippen molar-refractivity contribution in [1.82, 2.24) is 0 Å². The Bertz CT molecular complexity index is 1570. The number of phenols is 1. The number of sulfone groups is 1. The fourth-order valence-electron chi connectivity index (χ4n) is 7.43. The van der Waals surface area contributed by atoms with Gasteiger partial charge < -0.3 is 19.9 Å². The van der Waals surface area contributed by atoms with Crippen LogP contribution in [0.4, 0.5) is 5.69 Å². The first kappa shape index (κ1) is 47.0. The van der Waals surface area contributed by atoms with Gasteiger partial charge in [0.2, 0.25) is 9.84 Å². The summed E-state index contributed by atoms with van der Waals surface area (Å²) in [4.78, 5) is 13.9. The van der Waals surface area contributed by atoms with Crippen molar-refractivity contribution < 1.29 is 27.8 Å². The zero-order valence-electron chi connectivity index (χ0n) is 35.1. The maximum absolute atomic E-state index is 13.7. The summed E-state index contributed by atoms with van der Waals surface area (Å²) in [5.74, 6) is 0.798. The summed E-state index contributed by atoms with van der Waals surface area (Å²) < 4.78 is 38.6. The molecule has 0 spiro atoms. The van der Waals surface area contributed by atoms with Crippen molar-refractivity contribution >= 4 is 21.4 Å². The molecule has 0 radical (unpaired) electrons. The number of unbranched alkanes of at least 4 members (excludes halogenated alkanes) is 14. The summed E-state index contributed by atoms with van der Waals surface area (Å²) in [5, 5.41) is 12.7. The molecule has 8 heteroatoms. The molecule has 3 unspecified atom stereocenters. The molecule has 0 fully saturated rings. The average Bonchev–Trinajstić information content (AvgIpc) is 3.19. The molecule has 3 aromatic carbocycles. The van der Waals surface area contributed by atoms with Gasteiger partial charge in [0.25, 0.3) is 5.91 Å². The number of hydrogen-bond acceptors (Lipinski definition) is 6. The van der Waals surface area contributed by atoms with Gasteiger partial charge in [0, 0.05) is 12.3 Å². The second-order valence-electron chi connectivity index (χ2n) is 15.6. The first-order valence-corrected chi connectivity index (χ1v) is 23.5. The molecule has 0 aliphatic rings. The van der Waals surface area contributed by atoms with Gasteiger partial charge in [0.1, 0.15) is 11.5 Å². The zero-order chi connectivity index (χ0) is 40.4. The highest BCUT2D eigenvalue weighted by atomic mass is 32.2. The Morgan fingerprint density at radius 1 is 0.625 bits per heavy atom. The number of hydrogen-bond donors (Lipinski definition) is 2. The van der Waals surface area contributed by atoms with Crippen LogP contribution >= 0.6 is 0 Å². The largest absolute Gasteiger partial charge is 0.508 e. The van der Waals surface area contributed by atoms with E-state index in [2.05, 4.69) is 45.1 Å². The third kappa shape index (κ3) is 17.8. The molecular formula is C48H73NO6S. The lowest BCUT2D eigenvalue weighted by atomic mass is 9.90. The van der Waals surface area contributed by atoms with Crippen LogP contribution < -0.4 is 10.1 Å². The topological polar surface area (TPSA) is 102 Å². The van der Waals surface area contributed by atoms with E-state index in [1.54, 1.807) is 12.1 Å². The molecule has 0 aliphatic carbocycles. The minimum atomic E-state index is -3.77. The van der Waals surface area contributed by atoms with E-state index in [1.807, 2.05) is 12.1 Å². The first-order valence-electron chi connectivity index (χ1n) is 22.0. The second-order valence-corrected chi connectivity index (χ2v) is 17.6. The van der Waals surface area contributed by atoms with E-state index >= 15 is 0 Å². The number of carbonyl (C=O) groups is 1. The van der Waals surface area contributed by atoms with Gasteiger partial charge in [0.05, 0.1) is 15.9 Å². The highest BCUT2D eigenvalue weighted by molar-refractivity contribution is 7.91. The number of ether oxygens (including phenoxy) is 2. The Morgan fingerprint density at radius 3 is 1.64 bits per heavy atom. The maximum Gasteiger partial charge on any atom is 0.265 e. The number of benzene rings is 3. The van der Waals surface area contributed by atoms with E-state index in [9.17, 15) is 18.3 Å². The highest BCUT2D eigenvalue weighted by Gasteiger charge is 2.23. The molecule has 0 aliphatic heterocycles. The highest BCUT2D eigenvalue weighted by Crippen LogP contribution is 2.27. The van der Waals surface area contributed by atoms with Gasteiger partial charge in [-0.05, 0) is 125 Å². The molecule has 3 aromatic rings. The van der Waals surface area contributed by atoms with Gasteiger partial charge in [0.15, 0.2) is 6.10 Å². The fraction of sp³-hybridized carbons (Fsp3) is 0.604. The number of nitrogens with one attached hydrogen (secondary N) is 1. The minimum Gasteiger partial charge on any atom is -0.508 e. The van der Waals surface area contributed by atoms with Crippen molar-refractivity contribution in [2.24, 2.45) is 5.92 Å². The van der Waals surface area contributed by atoms with Gasteiger partial charge in [-0.15, -0.1) is 0 Å². The van der Waals surface area contributed by atoms with Crippen molar-refractivity contribution in [3.8, 4) is 11.5 Å². The Labute approximate surface area is 340 Å². The number of carbonyl (C=O) groups excluding carboxylic acids is 1. The predicted octanol–water partition coefficient (Wildman–Crippen LogP) is 13.0. The first-order chi connectivity index (χ1) is 27.2. The van der Waals surface area contributed by atoms with Crippen LogP contribution in [0.2, 0.25) is 0 Å². The van der Waals surface area contributed by atoms with E-state index in [1.165, 1.54) is 132 Å². The Kier molecular flexibility index (Phi) is 22.9. The van der Waals surface area contributed by atoms with Crippen LogP contribution in [-0.2, 0) is 25.8 Å². The van der Waals surface area contributed by atoms with E-state index in [0.717, 1.165) is 50.8 Å². The summed E-state index contributed by atoms with van der Waals surface area (Å²) >= 11 is 0. The molecule has 3 atom stereocenters. The molecule has 312 valence electrons. The Balaban J connectivity index is 1.56. The lowest BCUT2D eigenvalue weighted by Crippen LogP contribution is -2.33. The number of phenolic OH excluding ortho intramolecular Hbond substituents is 1. The van der Waals surface area contributed by atoms with Crippen molar-refractivity contribution in [2.75, 3.05) is 11.9 Å². The van der Waals surface area contributed by atoms with Crippen molar-refractivity contribution in [1.29, 1.82) is 0 Å². The molecule has 0 saturated heterocycles. The van der Waals surface area contributed by atoms with Crippen molar-refractivity contribution in [2.45, 2.75) is 185 Å². The van der Waals surface area contributed by atoms with E-state index in [4.69, 9.17) is 9.47 Å². The molecule has 0 aromatic heterocycles. The number of rotatable bonds is 31. The van der Waals surface area contributed by atoms with Gasteiger partial charge in [-0.1, -0.05) is 122 Å². The number of aryl methyl sites for hydroxylation is 1. The summed E-state index contributed by atoms with van der Waals surface area (Å²) in [6, 6.07) is 19.8. The van der Waals surface area contributed by atoms with Gasteiger partial charge in [-0.3, -0.25) is 4.79 Å². The molecule has 7 nitrogen and oxygen atoms in total. The molecular weight excluding hydrogens is 719 g/mol. The van der Waals surface area contributed by atoms with Crippen LogP contribution in [0, 0.1) is 5.92 Å². The minimum absolute atomic E-state index is 0.000676. The van der Waals surface area contributed by atoms with Crippen LogP contribution in [0.5, 0.6) is 11.5 Å². The normalized spacial score (nSPS) is 13.3. The fourth-order valence-corrected chi connectivity index (χ4v) is 8.69. The van der Waals surface area contributed by atoms with Gasteiger partial charge in [-0.2, -0.15) is 0 Å². The smallest absolute Gasteiger partial charge is 0.265 e. The average molecular weight is 792 g/mol. The molecule has 56 heavy (non-hydrogen) atoms. The number of amides is 1. The molecule has 0 heterocycles. The predicted molar refractivity (Wildman–Crippen MR) is 231 cm³/mol. The molecule has 0 bridgehead atoms. The summed E-state index contributed by atoms with van der Waals surface area (Å²) in [6.45, 7) is 9.57. The molecule has 1 amide bonds. The Hall–Kier alpha value is -3.36. The standard InChI is InChI=1S/C48H73NO6S/c1-5-8-10-12-14-16-18-20-24-41(39(4)54-7-3)25-22-23-40-27-29-42(30-28-40)49-48(51)47(26-21-19-17-15-13-11-9-6-2)55-44-33-37-46(38-34-44)56(52,53)45-35-31-43(50)32-36-45/h27-39,41,47,50H,5-26H2,1-4H3,(H,49,51). The van der Waals surface area contributed by atoms with E-state index in [-0.39, 0.29) is 27.6 Å². The van der Waals surface area contributed by atoms with Crippen LogP contribution in [-0.4, -0.2) is 38.2 Å². The van der Waals surface area contributed by atoms with Crippen LogP contribution in [0.15, 0.2) is 82.6 Å². The van der Waals surface area contributed by atoms with Gasteiger partial charge >= 0.3 is 0 Å². The zero-order valence-corrected chi connectivity index (χ0v) is 35.9. The SMILES string of the molecule is CCCCCCCCCCC(Oc1ccc(S(=O)(=O)c2ccc(O)cc2)cc1)C(=O)Nc1ccc(CCCC(CCCCCCCCCC)C(C)OCC)cc1. The van der Waals surface area contributed by atoms with Crippen LogP contribution in [0.3, 0.4) is 0 Å². The second kappa shape index (κ2) is 27.3. The van der Waals surface area contributed by atoms with E-state index in [0.29, 0.717) is 18.1 Å². The maximum atomic E-state index is 13.7. The van der Waals surface area contributed by atoms with Crippen molar-refractivity contribution in [3.05, 3.63) is 78.4 Å². The number of anilines is 1. The van der Waals surface area contributed by atoms with Crippen LogP contribution in [0.25, 0.3) is 0 Å². The third-order valence-corrected chi connectivity index (χ3v) is 12.7. The van der Waals surface area contributed by atoms with Crippen molar-refractivity contribution in [3.63, 3.8) is 0 Å². The summed E-state index contributed by atoms with van der Waals surface area (Å²) in [7, 11) is -3.77. The van der Waals surface area contributed by atoms with Crippen LogP contribution in [0.1, 0.15) is 162 Å². The molecule has 0 saturated carbocycles. The van der Waals surface area contributed by atoms with Gasteiger partial charge in [-0.25, -0.2) is 8.42 Å². The lowest BCUT2D eigenvalue weighted by Gasteiger charge is -2.24. The molecule has 3 rings (SSSR count). The summed E-state index contributed by atoms with van der Waals surface area (Å²) in [5.41, 5.74) is 1.99. The third-order valence-electron chi connectivity index (χ3n) is 11.0. The molecule has 2 N–H and O–H groups in total. The summed E-state index contributed by atoms with van der Waals surface area (Å²) in [6.07, 6.45) is 24.6. The quantitative estimate of drug-likeness (QED) is 0.0629. The lowest BCUT2D eigenvalue weighted by molar-refractivity contribution is -0.123. The monoisotopic (exact) mass is 792 g/mol. The van der Waals surface area contributed by atoms with E-state index < -0.39 is 15.9 Å². The number of aromatic hydroxyl groups is 1.